The van der Waals surface area contributed by atoms with Crippen molar-refractivity contribution in [3.8, 4) is 0 Å². The zero-order valence-corrected chi connectivity index (χ0v) is 13.3. The minimum atomic E-state index is -1.76. The molecule has 1 saturated heterocycles. The van der Waals surface area contributed by atoms with Gasteiger partial charge >= 0.3 is 11.9 Å². The van der Waals surface area contributed by atoms with Crippen LogP contribution in [0.15, 0.2) is 12.2 Å². The Kier molecular flexibility index (Phi) is 3.80. The van der Waals surface area contributed by atoms with E-state index in [-0.39, 0.29) is 25.2 Å². The van der Waals surface area contributed by atoms with Crippen LogP contribution in [0.5, 0.6) is 0 Å². The Hall–Kier alpha value is -1.73. The van der Waals surface area contributed by atoms with E-state index in [0.717, 1.165) is 0 Å². The van der Waals surface area contributed by atoms with Crippen LogP contribution in [0.3, 0.4) is 0 Å². The maximum absolute atomic E-state index is 13.1. The number of hydrogen-bond acceptors (Lipinski definition) is 7. The molecule has 7 nitrogen and oxygen atoms in total. The third-order valence-electron chi connectivity index (χ3n) is 4.96. The number of rotatable bonds is 2. The van der Waals surface area contributed by atoms with E-state index in [2.05, 4.69) is 0 Å². The summed E-state index contributed by atoms with van der Waals surface area (Å²) in [6.07, 6.45) is 4.79. The van der Waals surface area contributed by atoms with Crippen molar-refractivity contribution in [3.63, 3.8) is 0 Å². The fourth-order valence-corrected chi connectivity index (χ4v) is 3.60. The molecule has 2 atom stereocenters. The summed E-state index contributed by atoms with van der Waals surface area (Å²) in [5.74, 6) is -3.11. The monoisotopic (exact) mass is 324 g/mol. The lowest BCUT2D eigenvalue weighted by Gasteiger charge is -2.32. The van der Waals surface area contributed by atoms with E-state index < -0.39 is 28.7 Å². The first-order valence-electron chi connectivity index (χ1n) is 7.66. The van der Waals surface area contributed by atoms with E-state index in [0.29, 0.717) is 19.3 Å². The largest absolute Gasteiger partial charge is 0.467 e. The number of carbonyl (C=O) groups excluding carboxylic acids is 3. The molecule has 1 aliphatic carbocycles. The number of methoxy groups -OCH3 is 2. The van der Waals surface area contributed by atoms with Crippen LogP contribution in [0.25, 0.3) is 0 Å². The Morgan fingerprint density at radius 1 is 1.22 bits per heavy atom. The van der Waals surface area contributed by atoms with Gasteiger partial charge in [-0.1, -0.05) is 12.2 Å². The van der Waals surface area contributed by atoms with Crippen molar-refractivity contribution in [2.24, 2.45) is 5.41 Å². The first-order chi connectivity index (χ1) is 11.0. The minimum Gasteiger partial charge on any atom is -0.467 e. The zero-order chi connectivity index (χ0) is 16.7. The van der Waals surface area contributed by atoms with Crippen molar-refractivity contribution in [2.45, 2.75) is 43.5 Å². The zero-order valence-electron chi connectivity index (χ0n) is 13.3. The number of esters is 2. The molecular formula is C16H20O7. The molecule has 1 spiro atoms. The summed E-state index contributed by atoms with van der Waals surface area (Å²) in [5, 5.41) is 0. The highest BCUT2D eigenvalue weighted by Gasteiger charge is 2.79. The number of ketones is 1. The minimum absolute atomic E-state index is 0.0551. The average molecular weight is 324 g/mol. The molecule has 0 aromatic heterocycles. The molecule has 2 heterocycles. The fourth-order valence-electron chi connectivity index (χ4n) is 3.60. The van der Waals surface area contributed by atoms with Crippen molar-refractivity contribution >= 4 is 17.7 Å². The van der Waals surface area contributed by atoms with Crippen molar-refractivity contribution in [3.05, 3.63) is 12.2 Å². The number of fused-ring (bicyclic) bond motifs is 3. The fraction of sp³-hybridized carbons (Fsp3) is 0.688. The quantitative estimate of drug-likeness (QED) is 0.424. The summed E-state index contributed by atoms with van der Waals surface area (Å²) in [6.45, 7) is 0.237. The van der Waals surface area contributed by atoms with Crippen molar-refractivity contribution in [1.82, 2.24) is 0 Å². The number of hydrogen-bond donors (Lipinski definition) is 0. The second-order valence-corrected chi connectivity index (χ2v) is 6.15. The van der Waals surface area contributed by atoms with Crippen LogP contribution in [0.2, 0.25) is 0 Å². The molecule has 126 valence electrons. The molecule has 23 heavy (non-hydrogen) atoms. The van der Waals surface area contributed by atoms with Crippen LogP contribution in [0.1, 0.15) is 32.1 Å². The summed E-state index contributed by atoms with van der Waals surface area (Å²) in [5.41, 5.74) is -2.75. The van der Waals surface area contributed by atoms with E-state index >= 15 is 0 Å². The molecule has 2 aliphatic heterocycles. The van der Waals surface area contributed by atoms with Gasteiger partial charge in [0.2, 0.25) is 5.60 Å². The van der Waals surface area contributed by atoms with E-state index in [1.807, 2.05) is 0 Å². The third kappa shape index (κ3) is 2.14. The standard InChI is InChI=1S/C16H20O7/c1-20-13(19)15-6-4-3-5-9-22-11(17)10-16(21-2,23-15)14(7-8-14)12(15)18/h3-4H,5-10H2,1-2H3/b4-3+/t15-,16?/m1/s1. The van der Waals surface area contributed by atoms with E-state index in [9.17, 15) is 14.4 Å². The first kappa shape index (κ1) is 16.1. The van der Waals surface area contributed by atoms with Gasteiger partial charge in [0.25, 0.3) is 0 Å². The van der Waals surface area contributed by atoms with Gasteiger partial charge in [0.1, 0.15) is 6.42 Å². The summed E-state index contributed by atoms with van der Waals surface area (Å²) in [7, 11) is 2.59. The van der Waals surface area contributed by atoms with Crippen LogP contribution in [-0.2, 0) is 33.3 Å². The van der Waals surface area contributed by atoms with Gasteiger partial charge in [0, 0.05) is 13.5 Å². The Bertz CT molecular complexity index is 577. The molecule has 0 aromatic carbocycles. The molecule has 0 N–H and O–H groups in total. The number of carbonyl (C=O) groups is 3. The summed E-state index contributed by atoms with van der Waals surface area (Å²) < 4.78 is 21.4. The lowest BCUT2D eigenvalue weighted by atomic mass is 9.82. The second-order valence-electron chi connectivity index (χ2n) is 6.15. The van der Waals surface area contributed by atoms with Gasteiger partial charge in [-0.25, -0.2) is 4.79 Å². The number of Topliss-reactive ketones (excluding diaryl/α,β-unsaturated/α-hetero) is 1. The maximum atomic E-state index is 13.1. The molecule has 0 amide bonds. The van der Waals surface area contributed by atoms with Gasteiger partial charge in [-0.05, 0) is 19.3 Å². The highest BCUT2D eigenvalue weighted by Crippen LogP contribution is 2.66. The Morgan fingerprint density at radius 3 is 2.57 bits per heavy atom. The van der Waals surface area contributed by atoms with Gasteiger partial charge in [-0.2, -0.15) is 0 Å². The van der Waals surface area contributed by atoms with Crippen LogP contribution in [0.4, 0.5) is 0 Å². The van der Waals surface area contributed by atoms with Crippen molar-refractivity contribution in [2.75, 3.05) is 20.8 Å². The van der Waals surface area contributed by atoms with Crippen LogP contribution in [-0.4, -0.2) is 49.9 Å². The van der Waals surface area contributed by atoms with E-state index in [1.54, 1.807) is 12.2 Å². The second kappa shape index (κ2) is 5.42. The summed E-state index contributed by atoms with van der Waals surface area (Å²) in [6, 6.07) is 0. The summed E-state index contributed by atoms with van der Waals surface area (Å²) >= 11 is 0. The van der Waals surface area contributed by atoms with Gasteiger partial charge < -0.3 is 18.9 Å². The van der Waals surface area contributed by atoms with Crippen molar-refractivity contribution in [1.29, 1.82) is 0 Å². The highest BCUT2D eigenvalue weighted by molar-refractivity contribution is 6.13. The number of ether oxygens (including phenoxy) is 4. The smallest absolute Gasteiger partial charge is 0.346 e. The van der Waals surface area contributed by atoms with Gasteiger partial charge in [-0.3, -0.25) is 9.59 Å². The van der Waals surface area contributed by atoms with Crippen molar-refractivity contribution < 1.29 is 33.3 Å². The predicted octanol–water partition coefficient (Wildman–Crippen LogP) is 0.904. The molecule has 1 saturated carbocycles. The molecular weight excluding hydrogens is 304 g/mol. The molecule has 3 rings (SSSR count). The predicted molar refractivity (Wildman–Crippen MR) is 76.2 cm³/mol. The third-order valence-corrected chi connectivity index (χ3v) is 4.96. The van der Waals surface area contributed by atoms with Crippen LogP contribution in [0, 0.1) is 5.41 Å². The molecule has 0 radical (unpaired) electrons. The number of cyclic esters (lactones) is 1. The Labute approximate surface area is 133 Å². The average Bonchev–Trinajstić information content (AvgIpc) is 3.32. The van der Waals surface area contributed by atoms with Gasteiger partial charge in [0.15, 0.2) is 11.6 Å². The molecule has 3 aliphatic rings. The maximum Gasteiger partial charge on any atom is 0.346 e. The lowest BCUT2D eigenvalue weighted by Crippen LogP contribution is -2.47. The molecule has 2 bridgehead atoms. The summed E-state index contributed by atoms with van der Waals surface area (Å²) in [4.78, 5) is 37.6. The normalized spacial score (nSPS) is 37.0. The van der Waals surface area contributed by atoms with Gasteiger partial charge in [-0.15, -0.1) is 0 Å². The highest BCUT2D eigenvalue weighted by atomic mass is 16.7. The topological polar surface area (TPSA) is 88.1 Å². The van der Waals surface area contributed by atoms with Gasteiger partial charge in [0.05, 0.1) is 19.1 Å². The van der Waals surface area contributed by atoms with E-state index in [1.165, 1.54) is 14.2 Å². The Morgan fingerprint density at radius 2 is 1.96 bits per heavy atom. The Balaban J connectivity index is 2.10. The van der Waals surface area contributed by atoms with E-state index in [4.69, 9.17) is 18.9 Å². The molecule has 7 heteroatoms. The lowest BCUT2D eigenvalue weighted by molar-refractivity contribution is -0.263. The van der Waals surface area contributed by atoms with Crippen LogP contribution < -0.4 is 0 Å². The molecule has 1 unspecified atom stereocenters. The first-order valence-corrected chi connectivity index (χ1v) is 7.66. The molecule has 0 aromatic rings. The molecule has 2 fully saturated rings. The van der Waals surface area contributed by atoms with Crippen LogP contribution >= 0.6 is 0 Å². The SMILES string of the molecule is COC(=O)[C@]12C/C=C/CCOC(=O)CC(OC)(O1)C1(CC1)C2=O.